The van der Waals surface area contributed by atoms with Crippen LogP contribution in [0.15, 0.2) is 24.5 Å². The fourth-order valence-corrected chi connectivity index (χ4v) is 2.84. The second-order valence-corrected chi connectivity index (χ2v) is 4.81. The lowest BCUT2D eigenvalue weighted by Gasteiger charge is -2.23. The van der Waals surface area contributed by atoms with Crippen molar-refractivity contribution in [2.24, 2.45) is 5.41 Å². The average Bonchev–Trinajstić information content (AvgIpc) is 2.91. The lowest BCUT2D eigenvalue weighted by Crippen LogP contribution is -2.29. The molecule has 0 saturated carbocycles. The molecule has 2 saturated heterocycles. The standard InChI is InChI=1S/C12H17N3/c1-2-11(8-13-5-1)15-7-4-12(10-15)3-6-14-9-12/h1-2,5,8,14H,3-4,6-7,9-10H2. The van der Waals surface area contributed by atoms with E-state index >= 15 is 0 Å². The van der Waals surface area contributed by atoms with Gasteiger partial charge in [0.15, 0.2) is 0 Å². The molecule has 1 aromatic rings. The summed E-state index contributed by atoms with van der Waals surface area (Å²) < 4.78 is 0. The van der Waals surface area contributed by atoms with Crippen molar-refractivity contribution in [3.05, 3.63) is 24.5 Å². The predicted octanol–water partition coefficient (Wildman–Crippen LogP) is 1.27. The highest BCUT2D eigenvalue weighted by Crippen LogP contribution is 2.37. The Morgan fingerprint density at radius 3 is 3.13 bits per heavy atom. The zero-order valence-electron chi connectivity index (χ0n) is 8.95. The Morgan fingerprint density at radius 1 is 1.40 bits per heavy atom. The number of anilines is 1. The topological polar surface area (TPSA) is 28.2 Å². The zero-order valence-corrected chi connectivity index (χ0v) is 8.95. The van der Waals surface area contributed by atoms with E-state index in [1.54, 1.807) is 0 Å². The Balaban J connectivity index is 1.76. The van der Waals surface area contributed by atoms with Gasteiger partial charge >= 0.3 is 0 Å². The molecule has 0 aromatic carbocycles. The van der Waals surface area contributed by atoms with Gasteiger partial charge in [-0.25, -0.2) is 0 Å². The van der Waals surface area contributed by atoms with Crippen LogP contribution in [0.3, 0.4) is 0 Å². The van der Waals surface area contributed by atoms with Crippen LogP contribution < -0.4 is 10.2 Å². The van der Waals surface area contributed by atoms with Crippen LogP contribution in [0.1, 0.15) is 12.8 Å². The predicted molar refractivity (Wildman–Crippen MR) is 61.0 cm³/mol. The summed E-state index contributed by atoms with van der Waals surface area (Å²) in [7, 11) is 0. The molecule has 0 amide bonds. The Morgan fingerprint density at radius 2 is 2.40 bits per heavy atom. The van der Waals surface area contributed by atoms with E-state index in [1.165, 1.54) is 44.7 Å². The van der Waals surface area contributed by atoms with Gasteiger partial charge in [-0.2, -0.15) is 0 Å². The highest BCUT2D eigenvalue weighted by Gasteiger charge is 2.40. The smallest absolute Gasteiger partial charge is 0.0552 e. The van der Waals surface area contributed by atoms with Crippen LogP contribution in [0.25, 0.3) is 0 Å². The van der Waals surface area contributed by atoms with Crippen molar-refractivity contribution in [3.63, 3.8) is 0 Å². The lowest BCUT2D eigenvalue weighted by atomic mass is 9.87. The van der Waals surface area contributed by atoms with E-state index in [4.69, 9.17) is 0 Å². The summed E-state index contributed by atoms with van der Waals surface area (Å²) in [6.45, 7) is 4.78. The molecule has 3 heterocycles. The van der Waals surface area contributed by atoms with Crippen LogP contribution in [0.2, 0.25) is 0 Å². The van der Waals surface area contributed by atoms with Crippen molar-refractivity contribution in [2.45, 2.75) is 12.8 Å². The van der Waals surface area contributed by atoms with Crippen LogP contribution in [0.5, 0.6) is 0 Å². The van der Waals surface area contributed by atoms with E-state index < -0.39 is 0 Å². The maximum atomic E-state index is 4.19. The minimum atomic E-state index is 0.551. The number of aromatic nitrogens is 1. The number of hydrogen-bond donors (Lipinski definition) is 1. The first-order valence-corrected chi connectivity index (χ1v) is 5.74. The quantitative estimate of drug-likeness (QED) is 0.745. The summed E-state index contributed by atoms with van der Waals surface area (Å²) in [6, 6.07) is 4.18. The summed E-state index contributed by atoms with van der Waals surface area (Å²) >= 11 is 0. The van der Waals surface area contributed by atoms with Gasteiger partial charge < -0.3 is 10.2 Å². The van der Waals surface area contributed by atoms with Gasteiger partial charge in [0.05, 0.1) is 11.9 Å². The molecule has 1 spiro atoms. The van der Waals surface area contributed by atoms with Gasteiger partial charge in [-0.1, -0.05) is 0 Å². The molecule has 1 aromatic heterocycles. The first-order valence-electron chi connectivity index (χ1n) is 5.74. The summed E-state index contributed by atoms with van der Waals surface area (Å²) in [5, 5.41) is 3.48. The summed E-state index contributed by atoms with van der Waals surface area (Å²) in [6.07, 6.45) is 6.48. The second-order valence-electron chi connectivity index (χ2n) is 4.81. The van der Waals surface area contributed by atoms with E-state index in [0.717, 1.165) is 0 Å². The van der Waals surface area contributed by atoms with Crippen molar-refractivity contribution in [3.8, 4) is 0 Å². The molecule has 1 atom stereocenters. The summed E-state index contributed by atoms with van der Waals surface area (Å²) in [5.41, 5.74) is 1.83. The third kappa shape index (κ3) is 1.61. The molecule has 1 unspecified atom stereocenters. The maximum absolute atomic E-state index is 4.19. The number of hydrogen-bond acceptors (Lipinski definition) is 3. The van der Waals surface area contributed by atoms with E-state index in [9.17, 15) is 0 Å². The Labute approximate surface area is 90.5 Å². The monoisotopic (exact) mass is 203 g/mol. The van der Waals surface area contributed by atoms with E-state index in [-0.39, 0.29) is 0 Å². The van der Waals surface area contributed by atoms with Crippen LogP contribution in [0, 0.1) is 5.41 Å². The van der Waals surface area contributed by atoms with Crippen LogP contribution in [-0.2, 0) is 0 Å². The number of nitrogens with one attached hydrogen (secondary N) is 1. The molecule has 1 N–H and O–H groups in total. The maximum Gasteiger partial charge on any atom is 0.0552 e. The summed E-state index contributed by atoms with van der Waals surface area (Å²) in [5.74, 6) is 0. The third-order valence-corrected chi connectivity index (χ3v) is 3.78. The van der Waals surface area contributed by atoms with Gasteiger partial charge in [-0.15, -0.1) is 0 Å². The molecule has 0 radical (unpaired) electrons. The second kappa shape index (κ2) is 3.49. The van der Waals surface area contributed by atoms with Crippen LogP contribution in [-0.4, -0.2) is 31.2 Å². The van der Waals surface area contributed by atoms with Crippen LogP contribution in [0.4, 0.5) is 5.69 Å². The zero-order chi connectivity index (χ0) is 10.1. The van der Waals surface area contributed by atoms with E-state index in [1.807, 2.05) is 18.5 Å². The normalized spacial score (nSPS) is 30.3. The first kappa shape index (κ1) is 9.16. The number of rotatable bonds is 1. The van der Waals surface area contributed by atoms with Gasteiger partial charge in [-0.05, 0) is 31.5 Å². The lowest BCUT2D eigenvalue weighted by molar-refractivity contribution is 0.369. The highest BCUT2D eigenvalue weighted by molar-refractivity contribution is 5.45. The van der Waals surface area contributed by atoms with Crippen molar-refractivity contribution in [1.29, 1.82) is 0 Å². The first-order chi connectivity index (χ1) is 7.38. The Kier molecular flexibility index (Phi) is 2.13. The molecule has 3 nitrogen and oxygen atoms in total. The molecule has 15 heavy (non-hydrogen) atoms. The van der Waals surface area contributed by atoms with Crippen molar-refractivity contribution in [2.75, 3.05) is 31.1 Å². The van der Waals surface area contributed by atoms with Gasteiger partial charge in [-0.3, -0.25) is 4.98 Å². The minimum absolute atomic E-state index is 0.551. The minimum Gasteiger partial charge on any atom is -0.370 e. The summed E-state index contributed by atoms with van der Waals surface area (Å²) in [4.78, 5) is 6.66. The molecule has 2 aliphatic rings. The van der Waals surface area contributed by atoms with E-state index in [2.05, 4.69) is 21.3 Å². The van der Waals surface area contributed by atoms with Crippen LogP contribution >= 0.6 is 0 Å². The molecule has 2 fully saturated rings. The van der Waals surface area contributed by atoms with Gasteiger partial charge in [0.1, 0.15) is 0 Å². The molecule has 0 bridgehead atoms. The largest absolute Gasteiger partial charge is 0.370 e. The molecular formula is C12H17N3. The molecule has 3 heteroatoms. The fourth-order valence-electron chi connectivity index (χ4n) is 2.84. The Bertz CT molecular complexity index is 330. The number of nitrogens with zero attached hydrogens (tertiary/aromatic N) is 2. The van der Waals surface area contributed by atoms with Gasteiger partial charge in [0.25, 0.3) is 0 Å². The van der Waals surface area contributed by atoms with Crippen molar-refractivity contribution >= 4 is 5.69 Å². The van der Waals surface area contributed by atoms with Gasteiger partial charge in [0, 0.05) is 31.2 Å². The van der Waals surface area contributed by atoms with E-state index in [0.29, 0.717) is 5.41 Å². The molecule has 80 valence electrons. The molecule has 3 rings (SSSR count). The van der Waals surface area contributed by atoms with Gasteiger partial charge in [0.2, 0.25) is 0 Å². The fraction of sp³-hybridized carbons (Fsp3) is 0.583. The molecule has 0 aliphatic carbocycles. The van der Waals surface area contributed by atoms with Crippen molar-refractivity contribution < 1.29 is 0 Å². The average molecular weight is 203 g/mol. The molecule has 2 aliphatic heterocycles. The third-order valence-electron chi connectivity index (χ3n) is 3.78. The Hall–Kier alpha value is -1.09. The highest BCUT2D eigenvalue weighted by atomic mass is 15.2. The van der Waals surface area contributed by atoms with Crippen molar-refractivity contribution in [1.82, 2.24) is 10.3 Å². The SMILES string of the molecule is c1cncc(N2CCC3(CCNC3)C2)c1. The number of pyridine rings is 1. The molecular weight excluding hydrogens is 186 g/mol.